The van der Waals surface area contributed by atoms with E-state index in [-0.39, 0.29) is 5.91 Å². The predicted octanol–water partition coefficient (Wildman–Crippen LogP) is 2.87. The zero-order valence-corrected chi connectivity index (χ0v) is 12.3. The number of rotatable bonds is 2. The summed E-state index contributed by atoms with van der Waals surface area (Å²) in [5, 5.41) is 3.24. The first-order valence-electron chi connectivity index (χ1n) is 6.85. The van der Waals surface area contributed by atoms with Crippen LogP contribution in [0.15, 0.2) is 29.9 Å². The van der Waals surface area contributed by atoms with Gasteiger partial charge in [0.1, 0.15) is 0 Å². The second-order valence-electron chi connectivity index (χ2n) is 5.16. The van der Waals surface area contributed by atoms with E-state index in [0.29, 0.717) is 11.5 Å². The van der Waals surface area contributed by atoms with E-state index in [0.717, 1.165) is 36.6 Å². The number of carbonyl (C=O) groups excluding carboxylic acids is 1. The van der Waals surface area contributed by atoms with Crippen molar-refractivity contribution in [1.29, 1.82) is 0 Å². The van der Waals surface area contributed by atoms with Gasteiger partial charge in [-0.15, -0.1) is 11.3 Å². The Morgan fingerprint density at radius 2 is 2.40 bits per heavy atom. The Morgan fingerprint density at radius 3 is 3.10 bits per heavy atom. The molecule has 20 heavy (non-hydrogen) atoms. The Hall–Kier alpha value is -1.75. The topological polar surface area (TPSA) is 46.1 Å². The Balaban J connectivity index is 1.74. The van der Waals surface area contributed by atoms with Gasteiger partial charge in [-0.25, -0.2) is 4.98 Å². The van der Waals surface area contributed by atoms with Crippen LogP contribution in [0.4, 0.5) is 0 Å². The van der Waals surface area contributed by atoms with Gasteiger partial charge in [0, 0.05) is 42.5 Å². The van der Waals surface area contributed by atoms with Crippen LogP contribution >= 0.6 is 11.3 Å². The van der Waals surface area contributed by atoms with E-state index < -0.39 is 0 Å². The third kappa shape index (κ3) is 2.72. The summed E-state index contributed by atoms with van der Waals surface area (Å²) in [4.78, 5) is 23.0. The summed E-state index contributed by atoms with van der Waals surface area (Å²) in [6.07, 6.45) is 5.48. The number of likely N-dealkylation sites (tertiary alicyclic amines) is 1. The number of carbonyl (C=O) groups is 1. The van der Waals surface area contributed by atoms with E-state index in [1.165, 1.54) is 0 Å². The van der Waals surface area contributed by atoms with Crippen molar-refractivity contribution in [3.05, 3.63) is 46.2 Å². The molecule has 5 heteroatoms. The molecule has 1 atom stereocenters. The number of aromatic nitrogens is 2. The summed E-state index contributed by atoms with van der Waals surface area (Å²) in [6, 6.07) is 3.63. The predicted molar refractivity (Wildman–Crippen MR) is 79.0 cm³/mol. The average Bonchev–Trinajstić information content (AvgIpc) is 2.94. The number of hydrogen-bond acceptors (Lipinski definition) is 4. The lowest BCUT2D eigenvalue weighted by Crippen LogP contribution is -2.39. The maximum atomic E-state index is 12.5. The lowest BCUT2D eigenvalue weighted by atomic mass is 9.98. The maximum Gasteiger partial charge on any atom is 0.255 e. The van der Waals surface area contributed by atoms with E-state index in [1.807, 2.05) is 17.9 Å². The van der Waals surface area contributed by atoms with Gasteiger partial charge in [-0.1, -0.05) is 0 Å². The molecule has 1 unspecified atom stereocenters. The second kappa shape index (κ2) is 5.71. The lowest BCUT2D eigenvalue weighted by molar-refractivity contribution is 0.0706. The molecule has 2 aromatic heterocycles. The highest BCUT2D eigenvalue weighted by molar-refractivity contribution is 7.09. The molecule has 4 nitrogen and oxygen atoms in total. The molecule has 0 aromatic carbocycles. The third-order valence-electron chi connectivity index (χ3n) is 3.60. The van der Waals surface area contributed by atoms with Crippen molar-refractivity contribution in [2.45, 2.75) is 25.7 Å². The second-order valence-corrected chi connectivity index (χ2v) is 6.05. The van der Waals surface area contributed by atoms with Crippen molar-refractivity contribution in [3.8, 4) is 0 Å². The Labute approximate surface area is 122 Å². The monoisotopic (exact) mass is 287 g/mol. The molecule has 0 bridgehead atoms. The largest absolute Gasteiger partial charge is 0.338 e. The molecule has 0 saturated carbocycles. The van der Waals surface area contributed by atoms with E-state index >= 15 is 0 Å². The average molecular weight is 287 g/mol. The summed E-state index contributed by atoms with van der Waals surface area (Å²) in [6.45, 7) is 3.61. The minimum absolute atomic E-state index is 0.0797. The molecule has 1 amide bonds. The summed E-state index contributed by atoms with van der Waals surface area (Å²) < 4.78 is 0. The van der Waals surface area contributed by atoms with Gasteiger partial charge in [0.15, 0.2) is 0 Å². The summed E-state index contributed by atoms with van der Waals surface area (Å²) in [5.74, 6) is 0.458. The zero-order chi connectivity index (χ0) is 13.9. The highest BCUT2D eigenvalue weighted by atomic mass is 32.1. The number of nitrogens with zero attached hydrogens (tertiary/aromatic N) is 3. The fraction of sp³-hybridized carbons (Fsp3) is 0.400. The van der Waals surface area contributed by atoms with Gasteiger partial charge >= 0.3 is 0 Å². The summed E-state index contributed by atoms with van der Waals surface area (Å²) >= 11 is 1.70. The third-order valence-corrected chi connectivity index (χ3v) is 4.73. The molecule has 3 rings (SSSR count). The minimum Gasteiger partial charge on any atom is -0.338 e. The van der Waals surface area contributed by atoms with Crippen LogP contribution in [0.1, 0.15) is 39.8 Å². The molecule has 0 spiro atoms. The van der Waals surface area contributed by atoms with Crippen LogP contribution < -0.4 is 0 Å². The van der Waals surface area contributed by atoms with E-state index in [1.54, 1.807) is 29.8 Å². The fourth-order valence-electron chi connectivity index (χ4n) is 2.59. The lowest BCUT2D eigenvalue weighted by Gasteiger charge is -2.31. The first-order chi connectivity index (χ1) is 9.74. The van der Waals surface area contributed by atoms with Crippen LogP contribution in [0.3, 0.4) is 0 Å². The van der Waals surface area contributed by atoms with Gasteiger partial charge in [0.05, 0.1) is 10.6 Å². The Kier molecular flexibility index (Phi) is 3.78. The molecule has 1 fully saturated rings. The molecular weight excluding hydrogens is 270 g/mol. The highest BCUT2D eigenvalue weighted by Crippen LogP contribution is 2.29. The van der Waals surface area contributed by atoms with Crippen molar-refractivity contribution >= 4 is 17.2 Å². The van der Waals surface area contributed by atoms with E-state index in [4.69, 9.17) is 0 Å². The molecule has 0 radical (unpaired) electrons. The SMILES string of the molecule is Cc1csc(C2CCCN(C(=O)c3cccnc3)C2)n1. The summed E-state index contributed by atoms with van der Waals surface area (Å²) in [7, 11) is 0. The van der Waals surface area contributed by atoms with Crippen LogP contribution in [0, 0.1) is 6.92 Å². The van der Waals surface area contributed by atoms with Crippen LogP contribution in [0.25, 0.3) is 0 Å². The van der Waals surface area contributed by atoms with Gasteiger partial charge < -0.3 is 4.90 Å². The van der Waals surface area contributed by atoms with Gasteiger partial charge in [-0.05, 0) is 31.9 Å². The fourth-order valence-corrected chi connectivity index (χ4v) is 3.52. The Bertz CT molecular complexity index is 596. The van der Waals surface area contributed by atoms with Crippen LogP contribution in [0.2, 0.25) is 0 Å². The van der Waals surface area contributed by atoms with Crippen molar-refractivity contribution in [1.82, 2.24) is 14.9 Å². The number of piperidine rings is 1. The molecule has 104 valence electrons. The van der Waals surface area contributed by atoms with Gasteiger partial charge in [0.2, 0.25) is 0 Å². The van der Waals surface area contributed by atoms with Crippen molar-refractivity contribution in [3.63, 3.8) is 0 Å². The quantitative estimate of drug-likeness (QED) is 0.853. The number of pyridine rings is 1. The van der Waals surface area contributed by atoms with Crippen molar-refractivity contribution in [2.24, 2.45) is 0 Å². The smallest absolute Gasteiger partial charge is 0.255 e. The van der Waals surface area contributed by atoms with Crippen LogP contribution in [-0.4, -0.2) is 33.9 Å². The van der Waals surface area contributed by atoms with Crippen molar-refractivity contribution < 1.29 is 4.79 Å². The Morgan fingerprint density at radius 1 is 1.50 bits per heavy atom. The highest BCUT2D eigenvalue weighted by Gasteiger charge is 2.27. The van der Waals surface area contributed by atoms with Crippen LogP contribution in [-0.2, 0) is 0 Å². The first-order valence-corrected chi connectivity index (χ1v) is 7.73. The minimum atomic E-state index is 0.0797. The number of amides is 1. The number of hydrogen-bond donors (Lipinski definition) is 0. The van der Waals surface area contributed by atoms with E-state index in [2.05, 4.69) is 15.3 Å². The van der Waals surface area contributed by atoms with Crippen LogP contribution in [0.5, 0.6) is 0 Å². The number of aryl methyl sites for hydroxylation is 1. The zero-order valence-electron chi connectivity index (χ0n) is 11.5. The van der Waals surface area contributed by atoms with Gasteiger partial charge in [0.25, 0.3) is 5.91 Å². The molecule has 1 aliphatic rings. The van der Waals surface area contributed by atoms with Crippen molar-refractivity contribution in [2.75, 3.05) is 13.1 Å². The van der Waals surface area contributed by atoms with E-state index in [9.17, 15) is 4.79 Å². The summed E-state index contributed by atoms with van der Waals surface area (Å²) in [5.41, 5.74) is 1.74. The standard InChI is InChI=1S/C15H17N3OS/c1-11-10-20-14(17-11)13-5-3-7-18(9-13)15(19)12-4-2-6-16-8-12/h2,4,6,8,10,13H,3,5,7,9H2,1H3. The van der Waals surface area contributed by atoms with Gasteiger partial charge in [-0.3, -0.25) is 9.78 Å². The molecule has 1 saturated heterocycles. The molecule has 1 aliphatic heterocycles. The molecule has 2 aromatic rings. The molecule has 3 heterocycles. The normalized spacial score (nSPS) is 19.1. The first kappa shape index (κ1) is 13.2. The van der Waals surface area contributed by atoms with Gasteiger partial charge in [-0.2, -0.15) is 0 Å². The molecular formula is C15H17N3OS. The number of thiazole rings is 1. The maximum absolute atomic E-state index is 12.5. The molecule has 0 N–H and O–H groups in total. The molecule has 0 aliphatic carbocycles.